The Bertz CT molecular complexity index is 600. The standard InChI is InChI=1S/C16H19N3O2/c1-12-4-3-5-15(13(12)2)21-11-19-16(20)18-10-14-6-8-17-9-7-14/h3-9H,10-11H2,1-2H3,(H2,18,19,20). The topological polar surface area (TPSA) is 63.2 Å². The highest BCUT2D eigenvalue weighted by Crippen LogP contribution is 2.19. The van der Waals surface area contributed by atoms with Crippen LogP contribution in [-0.2, 0) is 6.54 Å². The molecule has 0 radical (unpaired) electrons. The Balaban J connectivity index is 1.73. The van der Waals surface area contributed by atoms with Crippen molar-refractivity contribution in [2.75, 3.05) is 6.73 Å². The van der Waals surface area contributed by atoms with Gasteiger partial charge in [-0.15, -0.1) is 0 Å². The molecule has 0 aliphatic rings. The Hall–Kier alpha value is -2.56. The van der Waals surface area contributed by atoms with E-state index in [1.54, 1.807) is 12.4 Å². The molecular formula is C16H19N3O2. The van der Waals surface area contributed by atoms with Crippen LogP contribution >= 0.6 is 0 Å². The van der Waals surface area contributed by atoms with Crippen molar-refractivity contribution in [1.29, 1.82) is 0 Å². The number of urea groups is 1. The number of amides is 2. The number of ether oxygens (including phenoxy) is 1. The van der Waals surface area contributed by atoms with E-state index < -0.39 is 0 Å². The summed E-state index contributed by atoms with van der Waals surface area (Å²) in [7, 11) is 0. The van der Waals surface area contributed by atoms with E-state index in [0.29, 0.717) is 6.54 Å². The normalized spacial score (nSPS) is 10.0. The molecule has 21 heavy (non-hydrogen) atoms. The molecule has 0 aliphatic heterocycles. The van der Waals surface area contributed by atoms with Gasteiger partial charge >= 0.3 is 6.03 Å². The number of benzene rings is 1. The predicted molar refractivity (Wildman–Crippen MR) is 81.0 cm³/mol. The molecular weight excluding hydrogens is 266 g/mol. The number of nitrogens with zero attached hydrogens (tertiary/aromatic N) is 1. The van der Waals surface area contributed by atoms with Crippen LogP contribution in [0.2, 0.25) is 0 Å². The Morgan fingerprint density at radius 1 is 1.14 bits per heavy atom. The Labute approximate surface area is 124 Å². The maximum Gasteiger partial charge on any atom is 0.317 e. The van der Waals surface area contributed by atoms with Gasteiger partial charge in [0.1, 0.15) is 5.75 Å². The second kappa shape index (κ2) is 7.28. The number of rotatable bonds is 5. The van der Waals surface area contributed by atoms with Crippen molar-refractivity contribution < 1.29 is 9.53 Å². The first-order chi connectivity index (χ1) is 10.2. The number of pyridine rings is 1. The third kappa shape index (κ3) is 4.49. The minimum atomic E-state index is -0.267. The summed E-state index contributed by atoms with van der Waals surface area (Å²) in [6, 6.07) is 9.29. The number of nitrogens with one attached hydrogen (secondary N) is 2. The number of hydrogen-bond donors (Lipinski definition) is 2. The fourth-order valence-corrected chi connectivity index (χ4v) is 1.81. The van der Waals surface area contributed by atoms with Gasteiger partial charge in [-0.3, -0.25) is 4.98 Å². The first-order valence-electron chi connectivity index (χ1n) is 6.76. The number of carbonyl (C=O) groups excluding carboxylic acids is 1. The van der Waals surface area contributed by atoms with Crippen molar-refractivity contribution in [3.63, 3.8) is 0 Å². The first-order valence-corrected chi connectivity index (χ1v) is 6.76. The van der Waals surface area contributed by atoms with Crippen LogP contribution in [0.5, 0.6) is 5.75 Å². The van der Waals surface area contributed by atoms with Gasteiger partial charge in [0.2, 0.25) is 0 Å². The second-order valence-electron chi connectivity index (χ2n) is 4.70. The van der Waals surface area contributed by atoms with Gasteiger partial charge in [-0.2, -0.15) is 0 Å². The molecule has 1 heterocycles. The quantitative estimate of drug-likeness (QED) is 0.830. The minimum absolute atomic E-state index is 0.131. The average Bonchev–Trinajstić information content (AvgIpc) is 2.50. The lowest BCUT2D eigenvalue weighted by Crippen LogP contribution is -2.37. The average molecular weight is 285 g/mol. The van der Waals surface area contributed by atoms with E-state index >= 15 is 0 Å². The van der Waals surface area contributed by atoms with Crippen LogP contribution in [-0.4, -0.2) is 17.7 Å². The molecule has 2 amide bonds. The van der Waals surface area contributed by atoms with Gasteiger partial charge < -0.3 is 15.4 Å². The minimum Gasteiger partial charge on any atom is -0.473 e. The van der Waals surface area contributed by atoms with Crippen LogP contribution in [0.15, 0.2) is 42.7 Å². The Kier molecular flexibility index (Phi) is 5.15. The van der Waals surface area contributed by atoms with Gasteiger partial charge in [-0.25, -0.2) is 4.79 Å². The largest absolute Gasteiger partial charge is 0.473 e. The smallest absolute Gasteiger partial charge is 0.317 e. The molecule has 0 saturated carbocycles. The molecule has 2 N–H and O–H groups in total. The van der Waals surface area contributed by atoms with Gasteiger partial charge in [0, 0.05) is 18.9 Å². The lowest BCUT2D eigenvalue weighted by molar-refractivity contribution is 0.223. The summed E-state index contributed by atoms with van der Waals surface area (Å²) in [6.45, 7) is 4.61. The van der Waals surface area contributed by atoms with Crippen LogP contribution in [0.25, 0.3) is 0 Å². The molecule has 0 unspecified atom stereocenters. The molecule has 0 spiro atoms. The molecule has 1 aromatic carbocycles. The SMILES string of the molecule is Cc1cccc(OCNC(=O)NCc2ccncc2)c1C. The van der Waals surface area contributed by atoms with E-state index in [1.165, 1.54) is 0 Å². The molecule has 0 aliphatic carbocycles. The van der Waals surface area contributed by atoms with E-state index in [9.17, 15) is 4.79 Å². The molecule has 0 saturated heterocycles. The number of carbonyl (C=O) groups is 1. The van der Waals surface area contributed by atoms with E-state index in [1.807, 2.05) is 44.2 Å². The predicted octanol–water partition coefficient (Wildman–Crippen LogP) is 2.53. The molecule has 2 aromatic rings. The van der Waals surface area contributed by atoms with Crippen molar-refractivity contribution in [3.8, 4) is 5.75 Å². The van der Waals surface area contributed by atoms with E-state index in [0.717, 1.165) is 22.4 Å². The molecule has 5 nitrogen and oxygen atoms in total. The molecule has 0 fully saturated rings. The van der Waals surface area contributed by atoms with Crippen molar-refractivity contribution in [2.45, 2.75) is 20.4 Å². The monoisotopic (exact) mass is 285 g/mol. The summed E-state index contributed by atoms with van der Waals surface area (Å²) in [5.41, 5.74) is 3.24. The summed E-state index contributed by atoms with van der Waals surface area (Å²) >= 11 is 0. The van der Waals surface area contributed by atoms with Crippen molar-refractivity contribution in [3.05, 3.63) is 59.4 Å². The number of aromatic nitrogens is 1. The van der Waals surface area contributed by atoms with Gasteiger partial charge in [0.25, 0.3) is 0 Å². The second-order valence-corrected chi connectivity index (χ2v) is 4.70. The van der Waals surface area contributed by atoms with Crippen LogP contribution in [0.1, 0.15) is 16.7 Å². The van der Waals surface area contributed by atoms with Gasteiger partial charge in [0.05, 0.1) is 0 Å². The van der Waals surface area contributed by atoms with Crippen LogP contribution in [0.3, 0.4) is 0 Å². The zero-order valence-electron chi connectivity index (χ0n) is 12.2. The lowest BCUT2D eigenvalue weighted by Gasteiger charge is -2.12. The van der Waals surface area contributed by atoms with Gasteiger partial charge in [0.15, 0.2) is 6.73 Å². The molecule has 1 aromatic heterocycles. The molecule has 0 atom stereocenters. The van der Waals surface area contributed by atoms with Crippen LogP contribution < -0.4 is 15.4 Å². The Morgan fingerprint density at radius 2 is 1.90 bits per heavy atom. The maximum absolute atomic E-state index is 11.6. The fourth-order valence-electron chi connectivity index (χ4n) is 1.81. The third-order valence-electron chi connectivity index (χ3n) is 3.22. The zero-order valence-corrected chi connectivity index (χ0v) is 12.2. The van der Waals surface area contributed by atoms with Crippen molar-refractivity contribution in [2.24, 2.45) is 0 Å². The van der Waals surface area contributed by atoms with Gasteiger partial charge in [-0.1, -0.05) is 12.1 Å². The zero-order chi connectivity index (χ0) is 15.1. The van der Waals surface area contributed by atoms with Crippen LogP contribution in [0.4, 0.5) is 4.79 Å². The first kappa shape index (κ1) is 14.8. The number of aryl methyl sites for hydroxylation is 1. The van der Waals surface area contributed by atoms with Gasteiger partial charge in [-0.05, 0) is 48.7 Å². The molecule has 110 valence electrons. The summed E-state index contributed by atoms with van der Waals surface area (Å²) in [5, 5.41) is 5.41. The molecule has 2 rings (SSSR count). The van der Waals surface area contributed by atoms with Crippen molar-refractivity contribution in [1.82, 2.24) is 15.6 Å². The molecule has 5 heteroatoms. The highest BCUT2D eigenvalue weighted by atomic mass is 16.5. The summed E-state index contributed by atoms with van der Waals surface area (Å²) in [6.07, 6.45) is 3.39. The highest BCUT2D eigenvalue weighted by Gasteiger charge is 2.03. The van der Waals surface area contributed by atoms with E-state index in [-0.39, 0.29) is 12.8 Å². The summed E-state index contributed by atoms with van der Waals surface area (Å²) in [4.78, 5) is 15.6. The Morgan fingerprint density at radius 3 is 2.67 bits per heavy atom. The van der Waals surface area contributed by atoms with E-state index in [4.69, 9.17) is 4.74 Å². The fraction of sp³-hybridized carbons (Fsp3) is 0.250. The molecule has 0 bridgehead atoms. The van der Waals surface area contributed by atoms with E-state index in [2.05, 4.69) is 15.6 Å². The number of hydrogen-bond acceptors (Lipinski definition) is 3. The van der Waals surface area contributed by atoms with Crippen molar-refractivity contribution >= 4 is 6.03 Å². The van der Waals surface area contributed by atoms with Crippen LogP contribution in [0, 0.1) is 13.8 Å². The highest BCUT2D eigenvalue weighted by molar-refractivity contribution is 5.73. The summed E-state index contributed by atoms with van der Waals surface area (Å²) in [5.74, 6) is 0.782. The lowest BCUT2D eigenvalue weighted by atomic mass is 10.1. The summed E-state index contributed by atoms with van der Waals surface area (Å²) < 4.78 is 5.56. The maximum atomic E-state index is 11.6. The third-order valence-corrected chi connectivity index (χ3v) is 3.22.